The molecular weight excluding hydrogens is 591 g/mol. The van der Waals surface area contributed by atoms with Crippen LogP contribution in [-0.4, -0.2) is 0 Å². The first kappa shape index (κ1) is 34.6. The maximum atomic E-state index is 15.5. The van der Waals surface area contributed by atoms with Crippen molar-refractivity contribution in [3.63, 3.8) is 0 Å². The quantitative estimate of drug-likeness (QED) is 0.127. The number of unbranched alkanes of at least 4 members (excludes halogenated alkanes) is 4. The summed E-state index contributed by atoms with van der Waals surface area (Å²) in [6.07, 6.45) is 21.3. The fourth-order valence-corrected chi connectivity index (χ4v) is 8.66. The summed E-state index contributed by atoms with van der Waals surface area (Å²) in [5, 5.41) is 0. The predicted octanol–water partition coefficient (Wildman–Crippen LogP) is 14.7. The zero-order chi connectivity index (χ0) is 33.3. The van der Waals surface area contributed by atoms with E-state index in [1.807, 2.05) is 12.1 Å². The first-order valence-electron chi connectivity index (χ1n) is 19.3. The standard InChI is InChI=1S/C46H56F2/c1-3-5-7-9-33-11-15-35(16-12-33)37-19-23-39(24-20-37)41-27-29-43(45(47)31-41)44-30-28-42(32-46(44)48)40-25-21-38(22-26-40)36-17-13-34(14-18-36)10-8-6-4-2/h19-36H,3-18H2,1-2H3. The summed E-state index contributed by atoms with van der Waals surface area (Å²) in [6, 6.07) is 27.8. The SMILES string of the molecule is CCCCCC1CCC(c2ccc(-c3ccc(-c4ccc(-c5ccc(C6CCC(CCCCC)CC6)cc5)cc4F)c(F)c3)cc2)CC1. The number of benzene rings is 4. The molecule has 0 nitrogen and oxygen atoms in total. The largest absolute Gasteiger partial charge is 0.206 e. The molecule has 0 N–H and O–H groups in total. The van der Waals surface area contributed by atoms with Gasteiger partial charge in [0.15, 0.2) is 0 Å². The van der Waals surface area contributed by atoms with E-state index in [0.717, 1.165) is 34.1 Å². The fourth-order valence-electron chi connectivity index (χ4n) is 8.66. The van der Waals surface area contributed by atoms with Crippen molar-refractivity contribution in [1.82, 2.24) is 0 Å². The zero-order valence-corrected chi connectivity index (χ0v) is 29.5. The van der Waals surface area contributed by atoms with E-state index in [1.54, 1.807) is 24.3 Å². The van der Waals surface area contributed by atoms with Crippen LogP contribution in [0.1, 0.15) is 140 Å². The third kappa shape index (κ3) is 8.66. The van der Waals surface area contributed by atoms with E-state index in [9.17, 15) is 0 Å². The van der Waals surface area contributed by atoms with E-state index >= 15 is 8.78 Å². The van der Waals surface area contributed by atoms with Gasteiger partial charge in [-0.1, -0.05) is 138 Å². The minimum atomic E-state index is -0.394. The lowest BCUT2D eigenvalue weighted by Gasteiger charge is -2.29. The van der Waals surface area contributed by atoms with Crippen molar-refractivity contribution in [2.75, 3.05) is 0 Å². The van der Waals surface area contributed by atoms with Gasteiger partial charge in [0.1, 0.15) is 11.6 Å². The lowest BCUT2D eigenvalue weighted by Crippen LogP contribution is -2.13. The highest BCUT2D eigenvalue weighted by Crippen LogP contribution is 2.40. The van der Waals surface area contributed by atoms with Crippen LogP contribution in [0.2, 0.25) is 0 Å². The van der Waals surface area contributed by atoms with Gasteiger partial charge in [-0.05, 0) is 121 Å². The molecule has 4 aromatic rings. The number of hydrogen-bond donors (Lipinski definition) is 0. The second kappa shape index (κ2) is 16.9. The molecule has 0 aliphatic heterocycles. The van der Waals surface area contributed by atoms with E-state index in [-0.39, 0.29) is 0 Å². The summed E-state index contributed by atoms with van der Waals surface area (Å²) in [5.74, 6) is 2.29. The molecule has 254 valence electrons. The van der Waals surface area contributed by atoms with Crippen LogP contribution >= 0.6 is 0 Å². The lowest BCUT2D eigenvalue weighted by atomic mass is 9.77. The maximum Gasteiger partial charge on any atom is 0.131 e. The van der Waals surface area contributed by atoms with Gasteiger partial charge >= 0.3 is 0 Å². The van der Waals surface area contributed by atoms with Gasteiger partial charge in [0.05, 0.1) is 0 Å². The lowest BCUT2D eigenvalue weighted by molar-refractivity contribution is 0.303. The van der Waals surface area contributed by atoms with Crippen LogP contribution in [0.5, 0.6) is 0 Å². The molecule has 0 saturated heterocycles. The predicted molar refractivity (Wildman–Crippen MR) is 200 cm³/mol. The Morgan fingerprint density at radius 2 is 0.792 bits per heavy atom. The molecule has 2 saturated carbocycles. The highest BCUT2D eigenvalue weighted by Gasteiger charge is 2.23. The molecule has 0 amide bonds. The number of hydrogen-bond acceptors (Lipinski definition) is 0. The first-order valence-corrected chi connectivity index (χ1v) is 19.3. The van der Waals surface area contributed by atoms with Gasteiger partial charge in [-0.3, -0.25) is 0 Å². The van der Waals surface area contributed by atoms with Crippen molar-refractivity contribution in [1.29, 1.82) is 0 Å². The van der Waals surface area contributed by atoms with Crippen LogP contribution in [0.25, 0.3) is 33.4 Å². The summed E-state index contributed by atoms with van der Waals surface area (Å²) < 4.78 is 31.0. The van der Waals surface area contributed by atoms with Crippen molar-refractivity contribution in [3.05, 3.63) is 108 Å². The summed E-state index contributed by atoms with van der Waals surface area (Å²) in [6.45, 7) is 4.56. The van der Waals surface area contributed by atoms with Crippen LogP contribution in [0.4, 0.5) is 8.78 Å². The molecule has 2 heteroatoms. The van der Waals surface area contributed by atoms with Gasteiger partial charge in [0, 0.05) is 11.1 Å². The van der Waals surface area contributed by atoms with Gasteiger partial charge < -0.3 is 0 Å². The van der Waals surface area contributed by atoms with Gasteiger partial charge in [0.25, 0.3) is 0 Å². The van der Waals surface area contributed by atoms with Crippen LogP contribution < -0.4 is 0 Å². The number of halogens is 2. The molecule has 48 heavy (non-hydrogen) atoms. The van der Waals surface area contributed by atoms with E-state index in [2.05, 4.69) is 62.4 Å². The molecule has 0 unspecified atom stereocenters. The topological polar surface area (TPSA) is 0 Å². The molecule has 2 aliphatic rings. The molecule has 0 aromatic heterocycles. The molecule has 0 radical (unpaired) electrons. The highest BCUT2D eigenvalue weighted by atomic mass is 19.1. The van der Waals surface area contributed by atoms with Gasteiger partial charge in [-0.15, -0.1) is 0 Å². The summed E-state index contributed by atoms with van der Waals surface area (Å²) in [5.41, 5.74) is 7.05. The zero-order valence-electron chi connectivity index (χ0n) is 29.5. The third-order valence-electron chi connectivity index (χ3n) is 11.8. The normalized spacial score (nSPS) is 21.3. The van der Waals surface area contributed by atoms with Crippen molar-refractivity contribution >= 4 is 0 Å². The Morgan fingerprint density at radius 3 is 1.12 bits per heavy atom. The van der Waals surface area contributed by atoms with E-state index in [4.69, 9.17) is 0 Å². The molecule has 0 spiro atoms. The smallest absolute Gasteiger partial charge is 0.131 e. The van der Waals surface area contributed by atoms with E-state index in [1.165, 1.54) is 114 Å². The van der Waals surface area contributed by atoms with E-state index < -0.39 is 11.6 Å². The Balaban J connectivity index is 1.06. The molecule has 0 atom stereocenters. The Labute approximate surface area is 289 Å². The first-order chi connectivity index (χ1) is 23.5. The fraction of sp³-hybridized carbons (Fsp3) is 0.478. The summed E-state index contributed by atoms with van der Waals surface area (Å²) in [4.78, 5) is 0. The summed E-state index contributed by atoms with van der Waals surface area (Å²) >= 11 is 0. The maximum absolute atomic E-state index is 15.5. The van der Waals surface area contributed by atoms with Crippen LogP contribution in [0, 0.1) is 23.5 Å². The molecule has 0 bridgehead atoms. The minimum Gasteiger partial charge on any atom is -0.206 e. The van der Waals surface area contributed by atoms with Crippen molar-refractivity contribution < 1.29 is 8.78 Å². The third-order valence-corrected chi connectivity index (χ3v) is 11.8. The summed E-state index contributed by atoms with van der Waals surface area (Å²) in [7, 11) is 0. The van der Waals surface area contributed by atoms with Crippen molar-refractivity contribution in [2.24, 2.45) is 11.8 Å². The number of rotatable bonds is 13. The Morgan fingerprint density at radius 1 is 0.438 bits per heavy atom. The molecule has 2 fully saturated rings. The second-order valence-electron chi connectivity index (χ2n) is 15.1. The highest BCUT2D eigenvalue weighted by molar-refractivity contribution is 5.74. The van der Waals surface area contributed by atoms with Crippen LogP contribution in [-0.2, 0) is 0 Å². The Bertz CT molecular complexity index is 1450. The second-order valence-corrected chi connectivity index (χ2v) is 15.1. The Kier molecular flexibility index (Phi) is 12.2. The van der Waals surface area contributed by atoms with Crippen molar-refractivity contribution in [3.8, 4) is 33.4 Å². The Hall–Kier alpha value is -3.26. The average Bonchev–Trinajstić information content (AvgIpc) is 3.13. The van der Waals surface area contributed by atoms with Gasteiger partial charge in [-0.2, -0.15) is 0 Å². The van der Waals surface area contributed by atoms with Crippen LogP contribution in [0.15, 0.2) is 84.9 Å². The molecule has 6 rings (SSSR count). The molecular formula is C46H56F2. The van der Waals surface area contributed by atoms with Gasteiger partial charge in [-0.25, -0.2) is 8.78 Å². The van der Waals surface area contributed by atoms with E-state index in [0.29, 0.717) is 23.0 Å². The van der Waals surface area contributed by atoms with Crippen molar-refractivity contribution in [2.45, 2.75) is 128 Å². The average molecular weight is 647 g/mol. The monoisotopic (exact) mass is 646 g/mol. The molecule has 0 heterocycles. The van der Waals surface area contributed by atoms with Gasteiger partial charge in [0.2, 0.25) is 0 Å². The molecule has 4 aromatic carbocycles. The van der Waals surface area contributed by atoms with Crippen LogP contribution in [0.3, 0.4) is 0 Å². The molecule has 2 aliphatic carbocycles. The minimum absolute atomic E-state index is 0.302.